The van der Waals surface area contributed by atoms with Gasteiger partial charge in [0.05, 0.1) is 31.5 Å². The second-order valence-corrected chi connectivity index (χ2v) is 6.28. The first kappa shape index (κ1) is 17.8. The highest BCUT2D eigenvalue weighted by molar-refractivity contribution is 5.93. The van der Waals surface area contributed by atoms with E-state index in [1.165, 1.54) is 18.7 Å². The van der Waals surface area contributed by atoms with Crippen LogP contribution in [0.5, 0.6) is 0 Å². The summed E-state index contributed by atoms with van der Waals surface area (Å²) in [5.41, 5.74) is 0.273. The van der Waals surface area contributed by atoms with Gasteiger partial charge in [-0.1, -0.05) is 0 Å². The Morgan fingerprint density at radius 3 is 2.25 bits per heavy atom. The smallest absolute Gasteiger partial charge is 0.289 e. The molecule has 9 nitrogen and oxygen atoms in total. The maximum absolute atomic E-state index is 12.6. The van der Waals surface area contributed by atoms with Gasteiger partial charge in [0.25, 0.3) is 11.8 Å². The van der Waals surface area contributed by atoms with Gasteiger partial charge in [0, 0.05) is 26.2 Å². The van der Waals surface area contributed by atoms with Crippen molar-refractivity contribution in [1.29, 1.82) is 0 Å². The zero-order valence-electron chi connectivity index (χ0n) is 15.1. The summed E-state index contributed by atoms with van der Waals surface area (Å²) in [6.45, 7) is 2.25. The third kappa shape index (κ3) is 3.88. The van der Waals surface area contributed by atoms with Crippen LogP contribution in [0.4, 0.5) is 5.82 Å². The zero-order valence-corrected chi connectivity index (χ0v) is 15.1. The third-order valence-electron chi connectivity index (χ3n) is 4.48. The normalized spacial score (nSPS) is 14.1. The van der Waals surface area contributed by atoms with Gasteiger partial charge in [-0.25, -0.2) is 9.97 Å². The van der Waals surface area contributed by atoms with E-state index in [0.29, 0.717) is 44.3 Å². The van der Waals surface area contributed by atoms with Crippen LogP contribution < -0.4 is 5.32 Å². The van der Waals surface area contributed by atoms with E-state index in [9.17, 15) is 9.59 Å². The lowest BCUT2D eigenvalue weighted by molar-refractivity contribution is 0.0515. The highest BCUT2D eigenvalue weighted by Gasteiger charge is 2.27. The van der Waals surface area contributed by atoms with Gasteiger partial charge in [0.1, 0.15) is 17.3 Å². The number of rotatable bonds is 5. The molecular formula is C19H19N5O4. The fraction of sp³-hybridized carbons (Fsp3) is 0.263. The number of nitrogens with one attached hydrogen (secondary N) is 1. The van der Waals surface area contributed by atoms with Crippen molar-refractivity contribution >= 4 is 17.6 Å². The number of carbonyl (C=O) groups is 2. The van der Waals surface area contributed by atoms with Crippen LogP contribution in [0.3, 0.4) is 0 Å². The number of anilines is 1. The Bertz CT molecular complexity index is 914. The highest BCUT2D eigenvalue weighted by atomic mass is 16.3. The molecule has 0 bridgehead atoms. The van der Waals surface area contributed by atoms with E-state index in [1.807, 2.05) is 12.1 Å². The molecule has 0 unspecified atom stereocenters. The minimum Gasteiger partial charge on any atom is -0.467 e. The predicted molar refractivity (Wildman–Crippen MR) is 98.6 cm³/mol. The van der Waals surface area contributed by atoms with E-state index in [1.54, 1.807) is 28.2 Å². The summed E-state index contributed by atoms with van der Waals surface area (Å²) in [6.07, 6.45) is 6.05. The monoisotopic (exact) mass is 381 g/mol. The van der Waals surface area contributed by atoms with Crippen molar-refractivity contribution in [2.75, 3.05) is 31.5 Å². The molecule has 1 aliphatic heterocycles. The molecular weight excluding hydrogens is 362 g/mol. The summed E-state index contributed by atoms with van der Waals surface area (Å²) in [6, 6.07) is 6.98. The van der Waals surface area contributed by atoms with Gasteiger partial charge in [0.15, 0.2) is 5.76 Å². The minimum atomic E-state index is -0.199. The predicted octanol–water partition coefficient (Wildman–Crippen LogP) is 1.87. The van der Waals surface area contributed by atoms with E-state index in [0.717, 1.165) is 5.76 Å². The lowest BCUT2D eigenvalue weighted by Gasteiger charge is -2.34. The number of carbonyl (C=O) groups excluding carboxylic acids is 2. The average Bonchev–Trinajstić information content (AvgIpc) is 3.46. The molecule has 0 aromatic carbocycles. The number of piperazine rings is 1. The molecule has 4 heterocycles. The van der Waals surface area contributed by atoms with Crippen LogP contribution in [-0.4, -0.2) is 57.8 Å². The topological polar surface area (TPSA) is 105 Å². The molecule has 0 aliphatic carbocycles. The van der Waals surface area contributed by atoms with Crippen LogP contribution in [-0.2, 0) is 6.54 Å². The number of furan rings is 2. The van der Waals surface area contributed by atoms with Crippen molar-refractivity contribution < 1.29 is 18.4 Å². The van der Waals surface area contributed by atoms with E-state index in [-0.39, 0.29) is 17.5 Å². The van der Waals surface area contributed by atoms with Gasteiger partial charge >= 0.3 is 0 Å². The van der Waals surface area contributed by atoms with Crippen LogP contribution in [0.15, 0.2) is 58.0 Å². The second kappa shape index (κ2) is 7.95. The molecule has 1 N–H and O–H groups in total. The Labute approximate surface area is 161 Å². The number of amides is 2. The van der Waals surface area contributed by atoms with Crippen molar-refractivity contribution in [3.05, 3.63) is 66.4 Å². The molecule has 144 valence electrons. The molecule has 0 spiro atoms. The third-order valence-corrected chi connectivity index (χ3v) is 4.48. The zero-order chi connectivity index (χ0) is 19.3. The van der Waals surface area contributed by atoms with E-state index >= 15 is 0 Å². The summed E-state index contributed by atoms with van der Waals surface area (Å²) < 4.78 is 10.4. The van der Waals surface area contributed by atoms with Gasteiger partial charge in [-0.3, -0.25) is 9.59 Å². The summed E-state index contributed by atoms with van der Waals surface area (Å²) in [5, 5.41) is 3.08. The largest absolute Gasteiger partial charge is 0.467 e. The Morgan fingerprint density at radius 1 is 0.929 bits per heavy atom. The standard InChI is InChI=1S/C19H19N5O4/c25-18(15-12-22-17(13-20-15)21-11-14-3-1-9-27-14)23-5-7-24(8-6-23)19(26)16-4-2-10-28-16/h1-4,9-10,12-13H,5-8,11H2,(H,21,22). The average molecular weight is 381 g/mol. The van der Waals surface area contributed by atoms with Crippen LogP contribution in [0.1, 0.15) is 26.8 Å². The Balaban J connectivity index is 1.30. The molecule has 1 saturated heterocycles. The summed E-state index contributed by atoms with van der Waals surface area (Å²) in [4.78, 5) is 36.7. The molecule has 2 amide bonds. The van der Waals surface area contributed by atoms with Crippen LogP contribution in [0.25, 0.3) is 0 Å². The molecule has 1 aliphatic rings. The SMILES string of the molecule is O=C(c1cnc(NCc2ccco2)cn1)N1CCN(C(=O)c2ccco2)CC1. The van der Waals surface area contributed by atoms with E-state index in [4.69, 9.17) is 8.83 Å². The molecule has 4 rings (SSSR count). The van der Waals surface area contributed by atoms with E-state index < -0.39 is 0 Å². The minimum absolute atomic E-state index is 0.163. The molecule has 0 radical (unpaired) electrons. The quantitative estimate of drug-likeness (QED) is 0.719. The van der Waals surface area contributed by atoms with Gasteiger partial charge < -0.3 is 24.0 Å². The fourth-order valence-electron chi connectivity index (χ4n) is 2.95. The van der Waals surface area contributed by atoms with Crippen molar-refractivity contribution in [3.63, 3.8) is 0 Å². The Kier molecular flexibility index (Phi) is 5.05. The summed E-state index contributed by atoms with van der Waals surface area (Å²) in [7, 11) is 0. The van der Waals surface area contributed by atoms with Gasteiger partial charge in [-0.15, -0.1) is 0 Å². The Morgan fingerprint density at radius 2 is 1.64 bits per heavy atom. The first-order chi connectivity index (χ1) is 13.7. The fourth-order valence-corrected chi connectivity index (χ4v) is 2.95. The van der Waals surface area contributed by atoms with Gasteiger partial charge in [-0.2, -0.15) is 0 Å². The lowest BCUT2D eigenvalue weighted by Crippen LogP contribution is -2.50. The van der Waals surface area contributed by atoms with Crippen LogP contribution in [0, 0.1) is 0 Å². The molecule has 28 heavy (non-hydrogen) atoms. The summed E-state index contributed by atoms with van der Waals surface area (Å²) in [5.74, 6) is 1.29. The van der Waals surface area contributed by atoms with Crippen molar-refractivity contribution in [1.82, 2.24) is 19.8 Å². The van der Waals surface area contributed by atoms with Gasteiger partial charge in [-0.05, 0) is 24.3 Å². The molecule has 0 atom stereocenters. The van der Waals surface area contributed by atoms with Crippen molar-refractivity contribution in [3.8, 4) is 0 Å². The van der Waals surface area contributed by atoms with Crippen LogP contribution >= 0.6 is 0 Å². The van der Waals surface area contributed by atoms with Crippen molar-refractivity contribution in [2.45, 2.75) is 6.54 Å². The number of nitrogens with zero attached hydrogens (tertiary/aromatic N) is 4. The second-order valence-electron chi connectivity index (χ2n) is 6.28. The first-order valence-electron chi connectivity index (χ1n) is 8.91. The maximum atomic E-state index is 12.6. The Hall–Kier alpha value is -3.62. The molecule has 0 saturated carbocycles. The van der Waals surface area contributed by atoms with Crippen molar-refractivity contribution in [2.24, 2.45) is 0 Å². The van der Waals surface area contributed by atoms with E-state index in [2.05, 4.69) is 15.3 Å². The number of hydrogen-bond acceptors (Lipinski definition) is 7. The summed E-state index contributed by atoms with van der Waals surface area (Å²) >= 11 is 0. The molecule has 3 aromatic heterocycles. The van der Waals surface area contributed by atoms with Crippen LogP contribution in [0.2, 0.25) is 0 Å². The highest BCUT2D eigenvalue weighted by Crippen LogP contribution is 2.12. The maximum Gasteiger partial charge on any atom is 0.289 e. The number of hydrogen-bond donors (Lipinski definition) is 1. The molecule has 1 fully saturated rings. The number of aromatic nitrogens is 2. The lowest BCUT2D eigenvalue weighted by atomic mass is 10.2. The first-order valence-corrected chi connectivity index (χ1v) is 8.91. The molecule has 3 aromatic rings. The molecule has 9 heteroatoms. The van der Waals surface area contributed by atoms with Gasteiger partial charge in [0.2, 0.25) is 0 Å².